The van der Waals surface area contributed by atoms with Crippen LogP contribution in [-0.4, -0.2) is 51.3 Å². The van der Waals surface area contributed by atoms with E-state index in [9.17, 15) is 22.8 Å². The van der Waals surface area contributed by atoms with E-state index >= 15 is 0 Å². The first kappa shape index (κ1) is 18.9. The van der Waals surface area contributed by atoms with Crippen LogP contribution in [0.2, 0.25) is 0 Å². The van der Waals surface area contributed by atoms with E-state index in [2.05, 4.69) is 4.98 Å². The summed E-state index contributed by atoms with van der Waals surface area (Å²) in [5.41, 5.74) is 21.6. The van der Waals surface area contributed by atoms with Crippen molar-refractivity contribution in [3.63, 3.8) is 0 Å². The van der Waals surface area contributed by atoms with Crippen molar-refractivity contribution in [1.29, 1.82) is 0 Å². The minimum Gasteiger partial charge on any atom is -0.382 e. The Morgan fingerprint density at radius 3 is 2.19 bits per heavy atom. The number of anilines is 1. The third-order valence-electron chi connectivity index (χ3n) is 4.32. The highest BCUT2D eigenvalue weighted by Gasteiger charge is 2.48. The Bertz CT molecular complexity index is 896. The molecule has 27 heavy (non-hydrogen) atoms. The Hall–Kier alpha value is -2.88. The van der Waals surface area contributed by atoms with E-state index in [0.717, 1.165) is 10.2 Å². The summed E-state index contributed by atoms with van der Waals surface area (Å²) in [4.78, 5) is 29.0. The van der Waals surface area contributed by atoms with Gasteiger partial charge in [0.2, 0.25) is 5.82 Å². The van der Waals surface area contributed by atoms with Gasteiger partial charge >= 0.3 is 6.18 Å². The molecule has 3 heterocycles. The largest absolute Gasteiger partial charge is 0.449 e. The monoisotopic (exact) mass is 390 g/mol. The molecule has 0 bridgehead atoms. The number of primary amides is 1. The third kappa shape index (κ3) is 2.59. The van der Waals surface area contributed by atoms with E-state index in [1.165, 1.54) is 24.1 Å². The van der Waals surface area contributed by atoms with Crippen molar-refractivity contribution < 1.29 is 18.0 Å². The number of aromatic nitrogens is 2. The van der Waals surface area contributed by atoms with Crippen molar-refractivity contribution in [2.75, 3.05) is 19.2 Å². The molecule has 0 radical (unpaired) electrons. The van der Waals surface area contributed by atoms with Gasteiger partial charge in [-0.25, -0.2) is 4.98 Å². The lowest BCUT2D eigenvalue weighted by molar-refractivity contribution is -0.145. The molecular weight excluding hydrogens is 373 g/mol. The minimum atomic E-state index is -4.90. The molecule has 3 rings (SSSR count). The number of carbonyl (C=O) groups is 1. The topological polar surface area (TPSA) is 180 Å². The van der Waals surface area contributed by atoms with Crippen LogP contribution in [0.1, 0.15) is 17.6 Å². The second-order valence-corrected chi connectivity index (χ2v) is 5.93. The summed E-state index contributed by atoms with van der Waals surface area (Å²) in [6.45, 7) is 0. The average Bonchev–Trinajstić information content (AvgIpc) is 2.91. The van der Waals surface area contributed by atoms with Crippen molar-refractivity contribution in [3.05, 3.63) is 33.1 Å². The molecule has 0 saturated heterocycles. The molecule has 0 aromatic carbocycles. The highest BCUT2D eigenvalue weighted by Crippen LogP contribution is 2.38. The number of nitrogens with zero attached hydrogens (tertiary/aromatic N) is 5. The maximum atomic E-state index is 13.1. The van der Waals surface area contributed by atoms with Gasteiger partial charge < -0.3 is 27.9 Å². The zero-order valence-electron chi connectivity index (χ0n) is 14.2. The third-order valence-corrected chi connectivity index (χ3v) is 4.32. The zero-order valence-corrected chi connectivity index (χ0v) is 14.2. The second-order valence-electron chi connectivity index (χ2n) is 5.93. The molecule has 1 aromatic rings. The molecule has 0 aliphatic carbocycles. The van der Waals surface area contributed by atoms with Crippen molar-refractivity contribution in [1.82, 2.24) is 25.1 Å². The van der Waals surface area contributed by atoms with Gasteiger partial charge in [0, 0.05) is 14.1 Å². The number of likely N-dealkylation sites (N-methyl/N-ethyl adjacent to an activating group) is 1. The number of alkyl halides is 3. The summed E-state index contributed by atoms with van der Waals surface area (Å²) in [7, 11) is 2.82. The predicted octanol–water partition coefficient (Wildman–Crippen LogP) is -2.57. The number of nitrogens with two attached hydrogens (primary N) is 4. The lowest BCUT2D eigenvalue weighted by atomic mass is 10.2. The van der Waals surface area contributed by atoms with E-state index in [4.69, 9.17) is 22.9 Å². The number of halogens is 3. The summed E-state index contributed by atoms with van der Waals surface area (Å²) in [6.07, 6.45) is -7.10. The molecule has 12 nitrogen and oxygen atoms in total. The number of aromatic amines is 1. The van der Waals surface area contributed by atoms with Gasteiger partial charge in [-0.15, -0.1) is 0 Å². The van der Waals surface area contributed by atoms with Gasteiger partial charge in [-0.05, 0) is 0 Å². The smallest absolute Gasteiger partial charge is 0.382 e. The van der Waals surface area contributed by atoms with Gasteiger partial charge in [0.25, 0.3) is 11.5 Å². The second kappa shape index (κ2) is 5.81. The molecule has 2 atom stereocenters. The number of H-pyrrole nitrogens is 1. The quantitative estimate of drug-likeness (QED) is 0.360. The SMILES string of the molecule is CN1C(N)C(C(N)=O)=C(N)N1N1c2nc(C(F)(F)F)[nH]c(=O)c2C(N)N1C. The average molecular weight is 390 g/mol. The van der Waals surface area contributed by atoms with Gasteiger partial charge in [-0.1, -0.05) is 0 Å². The van der Waals surface area contributed by atoms with E-state index in [1.807, 2.05) is 0 Å². The molecule has 0 fully saturated rings. The van der Waals surface area contributed by atoms with Crippen molar-refractivity contribution in [2.24, 2.45) is 22.9 Å². The van der Waals surface area contributed by atoms with E-state index in [-0.39, 0.29) is 17.0 Å². The fraction of sp³-hybridized carbons (Fsp3) is 0.417. The van der Waals surface area contributed by atoms with Crippen LogP contribution in [0, 0.1) is 0 Å². The summed E-state index contributed by atoms with van der Waals surface area (Å²) in [5.74, 6) is -3.06. The predicted molar refractivity (Wildman–Crippen MR) is 85.0 cm³/mol. The van der Waals surface area contributed by atoms with Gasteiger partial charge in [0.05, 0.1) is 11.1 Å². The van der Waals surface area contributed by atoms with E-state index in [1.54, 1.807) is 4.98 Å². The first-order chi connectivity index (χ1) is 12.4. The fourth-order valence-corrected chi connectivity index (χ4v) is 2.94. The molecule has 9 N–H and O–H groups in total. The first-order valence-corrected chi connectivity index (χ1v) is 7.45. The molecule has 15 heteroatoms. The first-order valence-electron chi connectivity index (χ1n) is 7.45. The van der Waals surface area contributed by atoms with Crippen molar-refractivity contribution in [2.45, 2.75) is 18.5 Å². The Kier molecular flexibility index (Phi) is 4.07. The summed E-state index contributed by atoms with van der Waals surface area (Å²) in [6, 6.07) is 0. The van der Waals surface area contributed by atoms with Gasteiger partial charge in [0.1, 0.15) is 18.2 Å². The fourth-order valence-electron chi connectivity index (χ4n) is 2.94. The molecule has 148 valence electrons. The number of hydrogen-bond donors (Lipinski definition) is 5. The lowest BCUT2D eigenvalue weighted by Gasteiger charge is -2.40. The molecule has 0 saturated carbocycles. The Balaban J connectivity index is 2.21. The number of amides is 1. The number of hydrazine groups is 3. The van der Waals surface area contributed by atoms with Crippen LogP contribution in [-0.2, 0) is 11.0 Å². The van der Waals surface area contributed by atoms with Crippen molar-refractivity contribution in [3.8, 4) is 0 Å². The zero-order chi connectivity index (χ0) is 20.4. The molecular formula is C12H17F3N10O2. The van der Waals surface area contributed by atoms with Gasteiger partial charge in [-0.3, -0.25) is 9.59 Å². The van der Waals surface area contributed by atoms with Gasteiger partial charge in [-0.2, -0.15) is 33.4 Å². The Morgan fingerprint density at radius 2 is 1.70 bits per heavy atom. The molecule has 0 spiro atoms. The molecule has 2 aliphatic rings. The maximum Gasteiger partial charge on any atom is 0.449 e. The Morgan fingerprint density at radius 1 is 1.15 bits per heavy atom. The number of carbonyl (C=O) groups excluding carboxylic acids is 1. The normalized spacial score (nSPS) is 24.1. The van der Waals surface area contributed by atoms with Crippen LogP contribution in [0.5, 0.6) is 0 Å². The number of hydrogen-bond acceptors (Lipinski definition) is 10. The van der Waals surface area contributed by atoms with Crippen LogP contribution >= 0.6 is 0 Å². The van der Waals surface area contributed by atoms with Crippen LogP contribution in [0.3, 0.4) is 0 Å². The van der Waals surface area contributed by atoms with E-state index in [0.29, 0.717) is 0 Å². The van der Waals surface area contributed by atoms with Crippen LogP contribution in [0.15, 0.2) is 16.2 Å². The van der Waals surface area contributed by atoms with Crippen LogP contribution in [0.4, 0.5) is 19.0 Å². The number of nitrogens with one attached hydrogen (secondary N) is 1. The maximum absolute atomic E-state index is 13.1. The number of fused-ring (bicyclic) bond motifs is 1. The highest BCUT2D eigenvalue weighted by atomic mass is 19.4. The highest BCUT2D eigenvalue weighted by molar-refractivity contribution is 5.94. The summed E-state index contributed by atoms with van der Waals surface area (Å²) < 4.78 is 39.2. The molecule has 2 aliphatic heterocycles. The Labute approximate surface area is 149 Å². The summed E-state index contributed by atoms with van der Waals surface area (Å²) in [5, 5.41) is 4.55. The van der Waals surface area contributed by atoms with Crippen LogP contribution < -0.4 is 33.6 Å². The standard InChI is InChI=1S/C12H17F3N10O2/c1-22-5(16)3(8(19)26)7(18)24(22)25-9-4(6(17)23(25)2)10(27)21-11(20-9)12(13,14)15/h5-6H,16-18H2,1-2H3,(H2,19,26)(H,20,21,27). The summed E-state index contributed by atoms with van der Waals surface area (Å²) >= 11 is 0. The van der Waals surface area contributed by atoms with Crippen LogP contribution in [0.25, 0.3) is 0 Å². The van der Waals surface area contributed by atoms with Crippen molar-refractivity contribution >= 4 is 11.7 Å². The lowest BCUT2D eigenvalue weighted by Crippen LogP contribution is -2.58. The molecule has 2 unspecified atom stereocenters. The molecule has 1 amide bonds. The minimum absolute atomic E-state index is 0.159. The van der Waals surface area contributed by atoms with E-state index < -0.39 is 41.6 Å². The molecule has 1 aromatic heterocycles. The van der Waals surface area contributed by atoms with Gasteiger partial charge in [0.15, 0.2) is 5.82 Å². The number of rotatable bonds is 2.